The molecule has 5 heteroatoms. The summed E-state index contributed by atoms with van der Waals surface area (Å²) in [6.07, 6.45) is 0. The predicted octanol–water partition coefficient (Wildman–Crippen LogP) is 2.76. The van der Waals surface area contributed by atoms with Gasteiger partial charge in [-0.15, -0.1) is 0 Å². The molecule has 0 aliphatic heterocycles. The van der Waals surface area contributed by atoms with Gasteiger partial charge in [-0.3, -0.25) is 9.59 Å². The molecule has 0 bridgehead atoms. The molecule has 4 nitrogen and oxygen atoms in total. The molecule has 0 radical (unpaired) electrons. The third-order valence-corrected chi connectivity index (χ3v) is 3.52. The van der Waals surface area contributed by atoms with Crippen molar-refractivity contribution in [3.05, 3.63) is 63.0 Å². The fraction of sp³-hybridized carbons (Fsp3) is 0.200. The van der Waals surface area contributed by atoms with E-state index in [4.69, 9.17) is 11.6 Å². The van der Waals surface area contributed by atoms with Crippen LogP contribution < -0.4 is 10.9 Å². The summed E-state index contributed by atoms with van der Waals surface area (Å²) in [5.74, 6) is -0.258. The molecule has 1 amide bonds. The zero-order chi connectivity index (χ0) is 14.7. The van der Waals surface area contributed by atoms with Gasteiger partial charge in [-0.2, -0.15) is 0 Å². The molecule has 0 atom stereocenters. The van der Waals surface area contributed by atoms with Crippen LogP contribution in [-0.2, 0) is 11.3 Å². The minimum Gasteiger partial charge on any atom is -0.324 e. The van der Waals surface area contributed by atoms with Crippen molar-refractivity contribution in [2.24, 2.45) is 0 Å². The number of aromatic nitrogens is 1. The van der Waals surface area contributed by atoms with E-state index in [1.807, 2.05) is 6.92 Å². The number of anilines is 1. The highest BCUT2D eigenvalue weighted by Crippen LogP contribution is 2.22. The normalized spacial score (nSPS) is 10.3. The zero-order valence-corrected chi connectivity index (χ0v) is 12.1. The topological polar surface area (TPSA) is 51.1 Å². The Bertz CT molecular complexity index is 707. The summed E-state index contributed by atoms with van der Waals surface area (Å²) in [6.45, 7) is 3.61. The third-order valence-electron chi connectivity index (χ3n) is 3.11. The number of halogens is 1. The first kappa shape index (κ1) is 14.3. The molecule has 0 saturated carbocycles. The van der Waals surface area contributed by atoms with Gasteiger partial charge in [0.1, 0.15) is 6.54 Å². The van der Waals surface area contributed by atoms with Gasteiger partial charge in [0.05, 0.1) is 0 Å². The van der Waals surface area contributed by atoms with Gasteiger partial charge in [0.2, 0.25) is 5.91 Å². The van der Waals surface area contributed by atoms with E-state index in [-0.39, 0.29) is 18.0 Å². The molecule has 0 unspecified atom stereocenters. The Labute approximate surface area is 122 Å². The minimum absolute atomic E-state index is 0.0164. The standard InChI is InChI=1S/C15H15ClN2O2/c1-10-5-3-8-15(20)18(10)9-14(19)17-13-7-4-6-12(16)11(13)2/h3-8H,9H2,1-2H3,(H,17,19). The monoisotopic (exact) mass is 290 g/mol. The summed E-state index contributed by atoms with van der Waals surface area (Å²) in [4.78, 5) is 23.7. The van der Waals surface area contributed by atoms with Gasteiger partial charge >= 0.3 is 0 Å². The molecule has 0 aliphatic carbocycles. The predicted molar refractivity (Wildman–Crippen MR) is 80.3 cm³/mol. The number of hydrogen-bond acceptors (Lipinski definition) is 2. The van der Waals surface area contributed by atoms with Crippen LogP contribution in [0.5, 0.6) is 0 Å². The fourth-order valence-electron chi connectivity index (χ4n) is 1.90. The van der Waals surface area contributed by atoms with E-state index < -0.39 is 0 Å². The van der Waals surface area contributed by atoms with Crippen LogP contribution in [0.4, 0.5) is 5.69 Å². The Morgan fingerprint density at radius 2 is 1.90 bits per heavy atom. The van der Waals surface area contributed by atoms with E-state index in [1.165, 1.54) is 10.6 Å². The van der Waals surface area contributed by atoms with Crippen LogP contribution in [-0.4, -0.2) is 10.5 Å². The molecule has 1 heterocycles. The lowest BCUT2D eigenvalue weighted by molar-refractivity contribution is -0.116. The zero-order valence-electron chi connectivity index (χ0n) is 11.3. The maximum atomic E-state index is 12.0. The van der Waals surface area contributed by atoms with Gasteiger partial charge in [-0.1, -0.05) is 23.7 Å². The number of amides is 1. The van der Waals surface area contributed by atoms with E-state index in [0.29, 0.717) is 10.7 Å². The lowest BCUT2D eigenvalue weighted by atomic mass is 10.2. The molecule has 0 spiro atoms. The molecule has 1 aromatic carbocycles. The molecule has 2 aromatic rings. The molecule has 1 N–H and O–H groups in total. The summed E-state index contributed by atoms with van der Waals surface area (Å²) in [7, 11) is 0. The van der Waals surface area contributed by atoms with Gasteiger partial charge in [0.15, 0.2) is 0 Å². The van der Waals surface area contributed by atoms with Crippen molar-refractivity contribution in [3.63, 3.8) is 0 Å². The minimum atomic E-state index is -0.258. The lowest BCUT2D eigenvalue weighted by Crippen LogP contribution is -2.28. The van der Waals surface area contributed by atoms with E-state index >= 15 is 0 Å². The lowest BCUT2D eigenvalue weighted by Gasteiger charge is -2.12. The second-order valence-corrected chi connectivity index (χ2v) is 4.96. The van der Waals surface area contributed by atoms with Crippen molar-refractivity contribution in [2.45, 2.75) is 20.4 Å². The molecule has 2 rings (SSSR count). The van der Waals surface area contributed by atoms with Crippen molar-refractivity contribution in [2.75, 3.05) is 5.32 Å². The molecular formula is C15H15ClN2O2. The van der Waals surface area contributed by atoms with Crippen molar-refractivity contribution in [1.82, 2.24) is 4.57 Å². The van der Waals surface area contributed by atoms with Crippen LogP contribution in [0.25, 0.3) is 0 Å². The Balaban J connectivity index is 2.18. The number of rotatable bonds is 3. The molecule has 1 aromatic heterocycles. The molecule has 0 aliphatic rings. The summed E-state index contributed by atoms with van der Waals surface area (Å²) in [5, 5.41) is 3.36. The first-order valence-corrected chi connectivity index (χ1v) is 6.58. The number of nitrogens with zero attached hydrogens (tertiary/aromatic N) is 1. The largest absolute Gasteiger partial charge is 0.324 e. The van der Waals surface area contributed by atoms with Crippen LogP contribution in [0.3, 0.4) is 0 Å². The number of carbonyl (C=O) groups is 1. The van der Waals surface area contributed by atoms with E-state index in [1.54, 1.807) is 37.3 Å². The van der Waals surface area contributed by atoms with Gasteiger partial charge in [0, 0.05) is 22.5 Å². The maximum Gasteiger partial charge on any atom is 0.251 e. The summed E-state index contributed by atoms with van der Waals surface area (Å²) >= 11 is 6.00. The maximum absolute atomic E-state index is 12.0. The number of carbonyl (C=O) groups excluding carboxylic acids is 1. The Kier molecular flexibility index (Phi) is 4.25. The number of nitrogens with one attached hydrogen (secondary N) is 1. The van der Waals surface area contributed by atoms with Crippen LogP contribution in [0, 0.1) is 13.8 Å². The molecular weight excluding hydrogens is 276 g/mol. The number of benzene rings is 1. The molecule has 20 heavy (non-hydrogen) atoms. The number of aryl methyl sites for hydroxylation is 1. The van der Waals surface area contributed by atoms with Crippen molar-refractivity contribution >= 4 is 23.2 Å². The summed E-state index contributed by atoms with van der Waals surface area (Å²) < 4.78 is 1.43. The van der Waals surface area contributed by atoms with E-state index in [2.05, 4.69) is 5.32 Å². The summed E-state index contributed by atoms with van der Waals surface area (Å²) in [6, 6.07) is 10.2. The van der Waals surface area contributed by atoms with Gasteiger partial charge < -0.3 is 9.88 Å². The van der Waals surface area contributed by atoms with Gasteiger partial charge in [-0.25, -0.2) is 0 Å². The van der Waals surface area contributed by atoms with Crippen LogP contribution in [0.15, 0.2) is 41.2 Å². The van der Waals surface area contributed by atoms with Crippen molar-refractivity contribution in [3.8, 4) is 0 Å². The molecule has 0 fully saturated rings. The van der Waals surface area contributed by atoms with Gasteiger partial charge in [0.25, 0.3) is 5.56 Å². The Morgan fingerprint density at radius 3 is 2.60 bits per heavy atom. The second kappa shape index (κ2) is 5.92. The SMILES string of the molecule is Cc1c(Cl)cccc1NC(=O)Cn1c(C)cccc1=O. The fourth-order valence-corrected chi connectivity index (χ4v) is 2.08. The van der Waals surface area contributed by atoms with E-state index in [0.717, 1.165) is 11.3 Å². The second-order valence-electron chi connectivity index (χ2n) is 4.55. The highest BCUT2D eigenvalue weighted by molar-refractivity contribution is 6.31. The first-order valence-electron chi connectivity index (χ1n) is 6.20. The number of pyridine rings is 1. The molecule has 104 valence electrons. The average Bonchev–Trinajstić information content (AvgIpc) is 2.39. The molecule has 0 saturated heterocycles. The highest BCUT2D eigenvalue weighted by atomic mass is 35.5. The average molecular weight is 291 g/mol. The Hall–Kier alpha value is -2.07. The summed E-state index contributed by atoms with van der Waals surface area (Å²) in [5.41, 5.74) is 2.02. The smallest absolute Gasteiger partial charge is 0.251 e. The third kappa shape index (κ3) is 3.08. The first-order chi connectivity index (χ1) is 9.49. The van der Waals surface area contributed by atoms with Crippen LogP contribution >= 0.6 is 11.6 Å². The van der Waals surface area contributed by atoms with Gasteiger partial charge in [-0.05, 0) is 37.6 Å². The van der Waals surface area contributed by atoms with Crippen molar-refractivity contribution in [1.29, 1.82) is 0 Å². The highest BCUT2D eigenvalue weighted by Gasteiger charge is 2.09. The Morgan fingerprint density at radius 1 is 1.20 bits per heavy atom. The number of hydrogen-bond donors (Lipinski definition) is 1. The quantitative estimate of drug-likeness (QED) is 0.945. The van der Waals surface area contributed by atoms with Crippen LogP contribution in [0.2, 0.25) is 5.02 Å². The van der Waals surface area contributed by atoms with Crippen LogP contribution in [0.1, 0.15) is 11.3 Å². The van der Waals surface area contributed by atoms with E-state index in [9.17, 15) is 9.59 Å². The van der Waals surface area contributed by atoms with Crippen molar-refractivity contribution < 1.29 is 4.79 Å².